The number of nitrogens with one attached hydrogen (secondary N) is 2. The summed E-state index contributed by atoms with van der Waals surface area (Å²) in [4.78, 5) is 24.5. The summed E-state index contributed by atoms with van der Waals surface area (Å²) in [6.07, 6.45) is 1.89. The minimum absolute atomic E-state index is 0.0650. The van der Waals surface area contributed by atoms with Crippen LogP contribution in [0.25, 0.3) is 11.0 Å². The van der Waals surface area contributed by atoms with E-state index in [1.54, 1.807) is 4.68 Å². The fourth-order valence-electron chi connectivity index (χ4n) is 3.54. The van der Waals surface area contributed by atoms with Crippen LogP contribution in [0.2, 0.25) is 0 Å². The first-order chi connectivity index (χ1) is 13.2. The third-order valence-corrected chi connectivity index (χ3v) is 4.78. The van der Waals surface area contributed by atoms with Gasteiger partial charge in [0.25, 0.3) is 0 Å². The zero-order valence-corrected chi connectivity index (χ0v) is 14.6. The largest absolute Gasteiger partial charge is 0.349 e. The maximum Gasteiger partial charge on any atom is 0.243 e. The van der Waals surface area contributed by atoms with Gasteiger partial charge in [-0.1, -0.05) is 48.2 Å². The molecule has 0 fully saturated rings. The number of hydrogen-bond donors (Lipinski definition) is 2. The molecule has 1 heterocycles. The molecule has 2 aromatic carbocycles. The van der Waals surface area contributed by atoms with Gasteiger partial charge in [-0.15, -0.1) is 5.10 Å². The molecular weight excluding hydrogens is 342 g/mol. The van der Waals surface area contributed by atoms with E-state index in [2.05, 4.69) is 27.5 Å². The molecule has 7 heteroatoms. The highest BCUT2D eigenvalue weighted by atomic mass is 16.2. The van der Waals surface area contributed by atoms with Crippen LogP contribution in [-0.4, -0.2) is 32.9 Å². The van der Waals surface area contributed by atoms with E-state index < -0.39 is 0 Å². The van der Waals surface area contributed by atoms with Gasteiger partial charge in [-0.25, -0.2) is 4.68 Å². The number of nitrogens with zero attached hydrogens (tertiary/aromatic N) is 3. The van der Waals surface area contributed by atoms with E-state index in [1.807, 2.05) is 48.5 Å². The molecule has 0 saturated carbocycles. The first kappa shape index (κ1) is 17.0. The topological polar surface area (TPSA) is 88.9 Å². The third-order valence-electron chi connectivity index (χ3n) is 4.78. The molecule has 2 N–H and O–H groups in total. The number of fused-ring (bicyclic) bond motifs is 2. The molecule has 0 unspecified atom stereocenters. The Morgan fingerprint density at radius 3 is 2.78 bits per heavy atom. The van der Waals surface area contributed by atoms with Gasteiger partial charge < -0.3 is 10.6 Å². The number of carbonyl (C=O) groups is 2. The predicted molar refractivity (Wildman–Crippen MR) is 101 cm³/mol. The maximum absolute atomic E-state index is 12.6. The van der Waals surface area contributed by atoms with Crippen molar-refractivity contribution in [2.24, 2.45) is 0 Å². The number of para-hydroxylation sites is 1. The van der Waals surface area contributed by atoms with Gasteiger partial charge in [-0.3, -0.25) is 9.59 Å². The fourth-order valence-corrected chi connectivity index (χ4v) is 3.54. The van der Waals surface area contributed by atoms with Crippen LogP contribution >= 0.6 is 0 Å². The zero-order chi connectivity index (χ0) is 18.8. The van der Waals surface area contributed by atoms with Gasteiger partial charge in [0.1, 0.15) is 12.1 Å². The first-order valence-corrected chi connectivity index (χ1v) is 8.74. The number of aromatic nitrogens is 3. The molecule has 0 bridgehead atoms. The van der Waals surface area contributed by atoms with Crippen LogP contribution < -0.4 is 10.6 Å². The second-order valence-electron chi connectivity index (χ2n) is 6.50. The van der Waals surface area contributed by atoms with Gasteiger partial charge in [0.05, 0.1) is 17.6 Å². The smallest absolute Gasteiger partial charge is 0.243 e. The Hall–Kier alpha value is -3.48. The van der Waals surface area contributed by atoms with E-state index in [0.717, 1.165) is 22.2 Å². The van der Waals surface area contributed by atoms with E-state index in [9.17, 15) is 9.59 Å². The van der Waals surface area contributed by atoms with Crippen LogP contribution in [0.5, 0.6) is 0 Å². The van der Waals surface area contributed by atoms with Crippen LogP contribution in [0, 0.1) is 0 Å². The van der Waals surface area contributed by atoms with Crippen molar-refractivity contribution in [3.8, 4) is 0 Å². The highest BCUT2D eigenvalue weighted by Crippen LogP contribution is 2.31. The molecule has 27 heavy (non-hydrogen) atoms. The second kappa shape index (κ2) is 7.03. The molecule has 0 spiro atoms. The summed E-state index contributed by atoms with van der Waals surface area (Å²) >= 11 is 0. The Morgan fingerprint density at radius 2 is 1.93 bits per heavy atom. The Kier molecular flexibility index (Phi) is 4.42. The van der Waals surface area contributed by atoms with Gasteiger partial charge in [0.2, 0.25) is 11.8 Å². The first-order valence-electron chi connectivity index (χ1n) is 8.74. The average Bonchev–Trinajstić information content (AvgIpc) is 3.23. The standard InChI is InChI=1S/C20H19N5O2/c1-2-18(26)22-20-14-8-4-3-7-13(14)11-16(20)21-19(27)12-25-17-10-6-5-9-15(17)23-24-25/h2-10,16,20H,1,11-12H2,(H,21,27)(H,22,26)/t16-,20-/m1/s1. The van der Waals surface area contributed by atoms with Crippen molar-refractivity contribution in [2.45, 2.75) is 25.0 Å². The lowest BCUT2D eigenvalue weighted by Crippen LogP contribution is -2.45. The van der Waals surface area contributed by atoms with Crippen LogP contribution in [0.3, 0.4) is 0 Å². The molecule has 2 atom stereocenters. The van der Waals surface area contributed by atoms with E-state index in [0.29, 0.717) is 6.42 Å². The lowest BCUT2D eigenvalue weighted by Gasteiger charge is -2.22. The summed E-state index contributed by atoms with van der Waals surface area (Å²) < 4.78 is 1.57. The molecule has 7 nitrogen and oxygen atoms in total. The van der Waals surface area contributed by atoms with E-state index in [1.165, 1.54) is 6.08 Å². The molecule has 4 rings (SSSR count). The molecule has 1 aromatic heterocycles. The van der Waals surface area contributed by atoms with Crippen molar-refractivity contribution in [1.29, 1.82) is 0 Å². The fraction of sp³-hybridized carbons (Fsp3) is 0.200. The number of amides is 2. The highest BCUT2D eigenvalue weighted by Gasteiger charge is 2.34. The van der Waals surface area contributed by atoms with Gasteiger partial charge in [0.15, 0.2) is 0 Å². The molecule has 1 aliphatic carbocycles. The summed E-state index contributed by atoms with van der Waals surface area (Å²) in [6, 6.07) is 14.8. The van der Waals surface area contributed by atoms with Crippen molar-refractivity contribution in [3.05, 3.63) is 72.3 Å². The van der Waals surface area contributed by atoms with Gasteiger partial charge >= 0.3 is 0 Å². The number of hydrogen-bond acceptors (Lipinski definition) is 4. The lowest BCUT2D eigenvalue weighted by atomic mass is 10.1. The van der Waals surface area contributed by atoms with Crippen LogP contribution in [0.15, 0.2) is 61.2 Å². The van der Waals surface area contributed by atoms with E-state index >= 15 is 0 Å². The average molecular weight is 361 g/mol. The lowest BCUT2D eigenvalue weighted by molar-refractivity contribution is -0.123. The SMILES string of the molecule is C=CC(=O)N[C@@H]1c2ccccc2C[C@H]1NC(=O)Cn1nnc2ccccc21. The molecule has 3 aromatic rings. The summed E-state index contributed by atoms with van der Waals surface area (Å²) in [5.41, 5.74) is 3.68. The second-order valence-corrected chi connectivity index (χ2v) is 6.50. The van der Waals surface area contributed by atoms with Crippen molar-refractivity contribution >= 4 is 22.8 Å². The third kappa shape index (κ3) is 3.31. The van der Waals surface area contributed by atoms with Gasteiger partial charge in [-0.05, 0) is 35.8 Å². The summed E-state index contributed by atoms with van der Waals surface area (Å²) in [7, 11) is 0. The van der Waals surface area contributed by atoms with Crippen molar-refractivity contribution in [2.75, 3.05) is 0 Å². The molecule has 0 saturated heterocycles. The zero-order valence-electron chi connectivity index (χ0n) is 14.6. The number of benzene rings is 2. The number of rotatable bonds is 5. The Labute approximate surface area is 156 Å². The van der Waals surface area contributed by atoms with Crippen molar-refractivity contribution < 1.29 is 9.59 Å². The quantitative estimate of drug-likeness (QED) is 0.674. The van der Waals surface area contributed by atoms with Gasteiger partial charge in [-0.2, -0.15) is 0 Å². The molecule has 1 aliphatic rings. The van der Waals surface area contributed by atoms with E-state index in [4.69, 9.17) is 0 Å². The summed E-state index contributed by atoms with van der Waals surface area (Å²) in [5.74, 6) is -0.445. The molecule has 0 radical (unpaired) electrons. The van der Waals surface area contributed by atoms with Crippen LogP contribution in [0.4, 0.5) is 0 Å². The molecule has 136 valence electrons. The Balaban J connectivity index is 1.51. The Morgan fingerprint density at radius 1 is 1.15 bits per heavy atom. The van der Waals surface area contributed by atoms with E-state index in [-0.39, 0.29) is 30.4 Å². The van der Waals surface area contributed by atoms with Crippen LogP contribution in [0.1, 0.15) is 17.2 Å². The molecule has 0 aliphatic heterocycles. The number of carbonyl (C=O) groups excluding carboxylic acids is 2. The summed E-state index contributed by atoms with van der Waals surface area (Å²) in [6.45, 7) is 3.57. The maximum atomic E-state index is 12.6. The summed E-state index contributed by atoms with van der Waals surface area (Å²) in [5, 5.41) is 14.1. The van der Waals surface area contributed by atoms with Gasteiger partial charge in [0, 0.05) is 0 Å². The highest BCUT2D eigenvalue weighted by molar-refractivity contribution is 5.87. The monoisotopic (exact) mass is 361 g/mol. The molecular formula is C20H19N5O2. The minimum atomic E-state index is -0.289. The van der Waals surface area contributed by atoms with Crippen LogP contribution in [-0.2, 0) is 22.6 Å². The Bertz CT molecular complexity index is 1030. The predicted octanol–water partition coefficient (Wildman–Crippen LogP) is 1.52. The molecule has 2 amide bonds. The van der Waals surface area contributed by atoms with Crippen molar-refractivity contribution in [1.82, 2.24) is 25.6 Å². The minimum Gasteiger partial charge on any atom is -0.349 e. The normalized spacial score (nSPS) is 18.1. The van der Waals surface area contributed by atoms with Crippen molar-refractivity contribution in [3.63, 3.8) is 0 Å².